The lowest BCUT2D eigenvalue weighted by Gasteiger charge is -2.34. The summed E-state index contributed by atoms with van der Waals surface area (Å²) in [6.45, 7) is 4.69. The summed E-state index contributed by atoms with van der Waals surface area (Å²) in [7, 11) is 0. The maximum Gasteiger partial charge on any atom is 0.312 e. The monoisotopic (exact) mass is 402 g/mol. The Kier molecular flexibility index (Phi) is 5.17. The van der Waals surface area contributed by atoms with Gasteiger partial charge in [0.2, 0.25) is 0 Å². The molecule has 2 saturated heterocycles. The fraction of sp³-hybridized carbons (Fsp3) is 0.474. The molecule has 0 bridgehead atoms. The Morgan fingerprint density at radius 1 is 0.964 bits per heavy atom. The van der Waals surface area contributed by atoms with Gasteiger partial charge in [0.25, 0.3) is 5.91 Å². The molecule has 2 aliphatic heterocycles. The number of amides is 3. The van der Waals surface area contributed by atoms with Crippen molar-refractivity contribution in [3.05, 3.63) is 29.0 Å². The highest BCUT2D eigenvalue weighted by Crippen LogP contribution is 2.28. The van der Waals surface area contributed by atoms with Gasteiger partial charge in [-0.3, -0.25) is 14.4 Å². The van der Waals surface area contributed by atoms with E-state index in [4.69, 9.17) is 4.42 Å². The van der Waals surface area contributed by atoms with E-state index in [1.807, 2.05) is 13.0 Å². The molecular formula is C19H22N4O4S. The van der Waals surface area contributed by atoms with Crippen LogP contribution in [0.15, 0.2) is 22.8 Å². The Morgan fingerprint density at radius 2 is 1.57 bits per heavy atom. The molecule has 28 heavy (non-hydrogen) atoms. The maximum absolute atomic E-state index is 12.9. The van der Waals surface area contributed by atoms with Gasteiger partial charge in [-0.1, -0.05) is 0 Å². The van der Waals surface area contributed by atoms with Crippen LogP contribution in [0.3, 0.4) is 0 Å². The van der Waals surface area contributed by atoms with Gasteiger partial charge in [-0.05, 0) is 31.9 Å². The number of carbonyl (C=O) groups is 3. The predicted octanol–water partition coefficient (Wildman–Crippen LogP) is 1.62. The summed E-state index contributed by atoms with van der Waals surface area (Å²) in [5.74, 6) is -0.387. The second-order valence-corrected chi connectivity index (χ2v) is 8.19. The fourth-order valence-corrected chi connectivity index (χ4v) is 4.43. The normalized spacial score (nSPS) is 17.2. The van der Waals surface area contributed by atoms with Gasteiger partial charge in [0.1, 0.15) is 5.69 Å². The summed E-state index contributed by atoms with van der Waals surface area (Å²) in [6.07, 6.45) is 3.48. The molecule has 0 saturated carbocycles. The number of hydrogen-bond donors (Lipinski definition) is 0. The Balaban J connectivity index is 1.38. The Bertz CT molecular complexity index is 878. The first-order chi connectivity index (χ1) is 13.5. The first-order valence-electron chi connectivity index (χ1n) is 9.43. The van der Waals surface area contributed by atoms with Crippen LogP contribution in [0, 0.1) is 6.92 Å². The van der Waals surface area contributed by atoms with Crippen LogP contribution in [0.25, 0.3) is 10.8 Å². The van der Waals surface area contributed by atoms with Crippen LogP contribution in [0.1, 0.15) is 28.2 Å². The number of rotatable bonds is 2. The molecule has 0 N–H and O–H groups in total. The van der Waals surface area contributed by atoms with Crippen molar-refractivity contribution >= 4 is 29.1 Å². The van der Waals surface area contributed by atoms with Gasteiger partial charge >= 0.3 is 11.8 Å². The molecule has 0 unspecified atom stereocenters. The predicted molar refractivity (Wildman–Crippen MR) is 103 cm³/mol. The van der Waals surface area contributed by atoms with E-state index in [0.717, 1.165) is 17.7 Å². The molecule has 2 aromatic rings. The zero-order valence-electron chi connectivity index (χ0n) is 15.7. The van der Waals surface area contributed by atoms with E-state index >= 15 is 0 Å². The third-order valence-electron chi connectivity index (χ3n) is 5.16. The average Bonchev–Trinajstić information content (AvgIpc) is 3.47. The summed E-state index contributed by atoms with van der Waals surface area (Å²) in [4.78, 5) is 47.7. The Hall–Kier alpha value is -2.68. The molecule has 0 aliphatic carbocycles. The molecule has 0 spiro atoms. The number of nitrogens with zero attached hydrogens (tertiary/aromatic N) is 4. The molecule has 4 rings (SSSR count). The first kappa shape index (κ1) is 18.7. The number of carbonyl (C=O) groups excluding carboxylic acids is 3. The molecule has 0 aromatic carbocycles. The van der Waals surface area contributed by atoms with E-state index in [9.17, 15) is 14.4 Å². The largest absolute Gasteiger partial charge is 0.462 e. The fourth-order valence-electron chi connectivity index (χ4n) is 3.55. The molecule has 8 nitrogen and oxygen atoms in total. The summed E-state index contributed by atoms with van der Waals surface area (Å²) < 4.78 is 5.36. The molecule has 4 heterocycles. The molecule has 0 atom stereocenters. The van der Waals surface area contributed by atoms with Crippen molar-refractivity contribution in [1.29, 1.82) is 0 Å². The Morgan fingerprint density at radius 3 is 2.18 bits per heavy atom. The summed E-state index contributed by atoms with van der Waals surface area (Å²) in [6, 6.07) is 3.60. The van der Waals surface area contributed by atoms with Crippen molar-refractivity contribution in [3.63, 3.8) is 0 Å². The number of furan rings is 1. The van der Waals surface area contributed by atoms with Crippen LogP contribution in [0.4, 0.5) is 0 Å². The SMILES string of the molecule is Cc1sc(-c2ccco2)nc1C(=O)N1CCN(C(=O)C(=O)N2CCCC2)CC1. The highest BCUT2D eigenvalue weighted by atomic mass is 32.1. The zero-order chi connectivity index (χ0) is 19.7. The van der Waals surface area contributed by atoms with Crippen molar-refractivity contribution in [2.45, 2.75) is 19.8 Å². The molecule has 9 heteroatoms. The van der Waals surface area contributed by atoms with Crippen molar-refractivity contribution < 1.29 is 18.8 Å². The minimum absolute atomic E-state index is 0.149. The molecule has 148 valence electrons. The minimum Gasteiger partial charge on any atom is -0.462 e. The molecule has 2 aromatic heterocycles. The van der Waals surface area contributed by atoms with Gasteiger partial charge in [-0.15, -0.1) is 11.3 Å². The highest BCUT2D eigenvalue weighted by Gasteiger charge is 2.32. The van der Waals surface area contributed by atoms with Crippen molar-refractivity contribution in [2.75, 3.05) is 39.3 Å². The first-order valence-corrected chi connectivity index (χ1v) is 10.2. The number of piperazine rings is 1. The summed E-state index contributed by atoms with van der Waals surface area (Å²) >= 11 is 1.42. The lowest BCUT2D eigenvalue weighted by Crippen LogP contribution is -2.54. The summed E-state index contributed by atoms with van der Waals surface area (Å²) in [5, 5.41) is 0.677. The smallest absolute Gasteiger partial charge is 0.312 e. The van der Waals surface area contributed by atoms with Crippen LogP contribution in [0.5, 0.6) is 0 Å². The van der Waals surface area contributed by atoms with Crippen LogP contribution < -0.4 is 0 Å². The van der Waals surface area contributed by atoms with Gasteiger partial charge in [0.05, 0.1) is 6.26 Å². The maximum atomic E-state index is 12.9. The average molecular weight is 402 g/mol. The minimum atomic E-state index is -0.459. The lowest BCUT2D eigenvalue weighted by atomic mass is 10.2. The number of hydrogen-bond acceptors (Lipinski definition) is 6. The van der Waals surface area contributed by atoms with Crippen molar-refractivity contribution in [1.82, 2.24) is 19.7 Å². The number of aryl methyl sites for hydroxylation is 1. The molecular weight excluding hydrogens is 380 g/mol. The lowest BCUT2D eigenvalue weighted by molar-refractivity contribution is -0.152. The van der Waals surface area contributed by atoms with Crippen LogP contribution in [-0.2, 0) is 9.59 Å². The Labute approximate surface area is 166 Å². The van der Waals surface area contributed by atoms with Crippen LogP contribution in [0.2, 0.25) is 0 Å². The molecule has 0 radical (unpaired) electrons. The second-order valence-electron chi connectivity index (χ2n) is 6.98. The van der Waals surface area contributed by atoms with E-state index < -0.39 is 11.8 Å². The van der Waals surface area contributed by atoms with E-state index in [0.29, 0.717) is 55.7 Å². The number of likely N-dealkylation sites (tertiary alicyclic amines) is 1. The standard InChI is InChI=1S/C19H22N4O4S/c1-13-15(20-16(28-13)14-5-4-12-27-14)17(24)22-8-10-23(11-9-22)19(26)18(25)21-6-2-3-7-21/h4-5,12H,2-3,6-11H2,1H3. The van der Waals surface area contributed by atoms with Gasteiger partial charge in [0.15, 0.2) is 10.8 Å². The number of aromatic nitrogens is 1. The van der Waals surface area contributed by atoms with Crippen LogP contribution >= 0.6 is 11.3 Å². The molecule has 3 amide bonds. The second kappa shape index (κ2) is 7.75. The highest BCUT2D eigenvalue weighted by molar-refractivity contribution is 7.15. The van der Waals surface area contributed by atoms with Gasteiger partial charge in [-0.25, -0.2) is 4.98 Å². The third-order valence-corrected chi connectivity index (χ3v) is 6.15. The van der Waals surface area contributed by atoms with Gasteiger partial charge in [0, 0.05) is 44.1 Å². The van der Waals surface area contributed by atoms with E-state index in [1.54, 1.807) is 27.0 Å². The van der Waals surface area contributed by atoms with Gasteiger partial charge in [-0.2, -0.15) is 0 Å². The van der Waals surface area contributed by atoms with Crippen molar-refractivity contribution in [3.8, 4) is 10.8 Å². The quantitative estimate of drug-likeness (QED) is 0.713. The van der Waals surface area contributed by atoms with Gasteiger partial charge < -0.3 is 19.1 Å². The zero-order valence-corrected chi connectivity index (χ0v) is 16.5. The van der Waals surface area contributed by atoms with E-state index in [1.165, 1.54) is 11.3 Å². The summed E-state index contributed by atoms with van der Waals surface area (Å²) in [5.41, 5.74) is 0.421. The van der Waals surface area contributed by atoms with Crippen molar-refractivity contribution in [2.24, 2.45) is 0 Å². The van der Waals surface area contributed by atoms with E-state index in [2.05, 4.69) is 4.98 Å². The topological polar surface area (TPSA) is 87.0 Å². The molecule has 2 aliphatic rings. The molecule has 2 fully saturated rings. The number of thiazole rings is 1. The van der Waals surface area contributed by atoms with E-state index in [-0.39, 0.29) is 5.91 Å². The third kappa shape index (κ3) is 3.54. The van der Waals surface area contributed by atoms with Crippen LogP contribution in [-0.4, -0.2) is 76.7 Å².